The molecule has 0 bridgehead atoms. The quantitative estimate of drug-likeness (QED) is 0.305. The van der Waals surface area contributed by atoms with Crippen molar-refractivity contribution in [2.24, 2.45) is 0 Å². The summed E-state index contributed by atoms with van der Waals surface area (Å²) < 4.78 is 47.6. The monoisotopic (exact) mass is 563 g/mol. The molecule has 0 aliphatic carbocycles. The second-order valence-corrected chi connectivity index (χ2v) is 12.1. The summed E-state index contributed by atoms with van der Waals surface area (Å²) in [5.74, 6) is -1.31. The van der Waals surface area contributed by atoms with Crippen LogP contribution in [0.1, 0.15) is 41.6 Å². The molecule has 11 nitrogen and oxygen atoms in total. The Bertz CT molecular complexity index is 1250. The molecule has 2 aliphatic rings. The number of likely N-dealkylation sites (N-methyl/N-ethyl adjacent to an activating group) is 1. The molecule has 214 valence electrons. The highest BCUT2D eigenvalue weighted by molar-refractivity contribution is 7.92. The molecule has 0 radical (unpaired) electrons. The van der Waals surface area contributed by atoms with Crippen LogP contribution in [0, 0.1) is 5.82 Å². The number of ether oxygens (including phenoxy) is 1. The van der Waals surface area contributed by atoms with Crippen molar-refractivity contribution < 1.29 is 22.3 Å². The van der Waals surface area contributed by atoms with Gasteiger partial charge in [0.15, 0.2) is 0 Å². The fourth-order valence-corrected chi connectivity index (χ4v) is 6.78. The lowest BCUT2D eigenvalue weighted by molar-refractivity contribution is 0.103. The number of halogens is 1. The predicted molar refractivity (Wildman–Crippen MR) is 148 cm³/mol. The molecule has 0 atom stereocenters. The summed E-state index contributed by atoms with van der Waals surface area (Å²) in [5.41, 5.74) is 6.08. The first-order chi connectivity index (χ1) is 18.7. The number of hydrogen-bond donors (Lipinski definition) is 2. The maximum absolute atomic E-state index is 13.9. The van der Waals surface area contributed by atoms with E-state index in [4.69, 9.17) is 10.5 Å². The van der Waals surface area contributed by atoms with Gasteiger partial charge in [-0.05, 0) is 70.6 Å². The zero-order valence-electron chi connectivity index (χ0n) is 22.6. The largest absolute Gasteiger partial charge is 0.496 e. The van der Waals surface area contributed by atoms with Crippen LogP contribution in [0.4, 0.5) is 16.2 Å². The zero-order chi connectivity index (χ0) is 28.0. The number of nitrogens with one attached hydrogen (secondary N) is 1. The van der Waals surface area contributed by atoms with Gasteiger partial charge in [-0.25, -0.2) is 22.1 Å². The third-order valence-electron chi connectivity index (χ3n) is 7.32. The molecule has 39 heavy (non-hydrogen) atoms. The number of carbonyl (C=O) groups is 1. The Morgan fingerprint density at radius 1 is 1.18 bits per heavy atom. The van der Waals surface area contributed by atoms with Gasteiger partial charge in [-0.2, -0.15) is 4.98 Å². The van der Waals surface area contributed by atoms with Crippen LogP contribution >= 0.6 is 0 Å². The molecule has 0 saturated carbocycles. The molecule has 0 amide bonds. The number of nitrogen functional groups attached to an aromatic ring is 1. The molecule has 2 aliphatic heterocycles. The summed E-state index contributed by atoms with van der Waals surface area (Å²) in [5, 5.41) is 3.25. The third kappa shape index (κ3) is 7.21. The summed E-state index contributed by atoms with van der Waals surface area (Å²) in [7, 11) is -0.280. The van der Waals surface area contributed by atoms with E-state index in [1.54, 1.807) is 0 Å². The van der Waals surface area contributed by atoms with Crippen LogP contribution < -0.4 is 20.1 Å². The highest BCUT2D eigenvalue weighted by Crippen LogP contribution is 2.28. The van der Waals surface area contributed by atoms with E-state index < -0.39 is 21.6 Å². The summed E-state index contributed by atoms with van der Waals surface area (Å²) in [4.78, 5) is 26.4. The van der Waals surface area contributed by atoms with Crippen molar-refractivity contribution in [2.75, 3.05) is 75.8 Å². The number of rotatable bonds is 11. The summed E-state index contributed by atoms with van der Waals surface area (Å²) in [6.45, 7) is 6.22. The van der Waals surface area contributed by atoms with E-state index in [1.807, 2.05) is 0 Å². The molecular weight excluding hydrogens is 525 g/mol. The van der Waals surface area contributed by atoms with Crippen LogP contribution in [0.5, 0.6) is 5.75 Å². The Morgan fingerprint density at radius 3 is 2.56 bits per heavy atom. The van der Waals surface area contributed by atoms with Crippen LogP contribution in [-0.2, 0) is 10.0 Å². The minimum absolute atomic E-state index is 0.0243. The van der Waals surface area contributed by atoms with Gasteiger partial charge in [-0.1, -0.05) is 0 Å². The van der Waals surface area contributed by atoms with Crippen LogP contribution in [0.25, 0.3) is 0 Å². The highest BCUT2D eigenvalue weighted by Gasteiger charge is 2.34. The van der Waals surface area contributed by atoms with E-state index in [-0.39, 0.29) is 40.4 Å². The van der Waals surface area contributed by atoms with Crippen molar-refractivity contribution in [1.82, 2.24) is 25.1 Å². The van der Waals surface area contributed by atoms with Crippen LogP contribution in [0.15, 0.2) is 24.4 Å². The maximum atomic E-state index is 13.9. The molecule has 4 rings (SSSR count). The van der Waals surface area contributed by atoms with Gasteiger partial charge in [0, 0.05) is 32.4 Å². The Hall–Kier alpha value is -2.87. The number of aromatic nitrogens is 2. The van der Waals surface area contributed by atoms with Gasteiger partial charge in [0.25, 0.3) is 0 Å². The number of unbranched alkanes of at least 4 members (excludes halogenated alkanes) is 1. The van der Waals surface area contributed by atoms with Gasteiger partial charge < -0.3 is 25.6 Å². The molecule has 3 N–H and O–H groups in total. The average molecular weight is 564 g/mol. The number of anilines is 2. The fraction of sp³-hybridized carbons (Fsp3) is 0.577. The predicted octanol–water partition coefficient (Wildman–Crippen LogP) is 1.35. The summed E-state index contributed by atoms with van der Waals surface area (Å²) >= 11 is 0. The summed E-state index contributed by atoms with van der Waals surface area (Å²) in [6.07, 6.45) is 3.70. The molecule has 2 fully saturated rings. The SMILES string of the molecule is COc1ccc(F)cc1C(=O)c1cnc(N(C2CCNCC2)S(=O)(=O)CCCCN2CCN(C)CC2)nc1N. The number of ketones is 1. The minimum Gasteiger partial charge on any atom is -0.496 e. The molecule has 2 saturated heterocycles. The molecule has 3 heterocycles. The Balaban J connectivity index is 1.52. The van der Waals surface area contributed by atoms with Gasteiger partial charge in [-0.15, -0.1) is 0 Å². The first-order valence-electron chi connectivity index (χ1n) is 13.3. The number of sulfonamides is 1. The Labute approximate surface area is 229 Å². The second kappa shape index (κ2) is 13.0. The van der Waals surface area contributed by atoms with Crippen molar-refractivity contribution in [3.8, 4) is 5.75 Å². The smallest absolute Gasteiger partial charge is 0.241 e. The van der Waals surface area contributed by atoms with Crippen LogP contribution in [0.3, 0.4) is 0 Å². The van der Waals surface area contributed by atoms with Gasteiger partial charge >= 0.3 is 0 Å². The molecular formula is C26H38FN7O4S. The fourth-order valence-electron chi connectivity index (χ4n) is 5.01. The van der Waals surface area contributed by atoms with E-state index >= 15 is 0 Å². The lowest BCUT2D eigenvalue weighted by Crippen LogP contribution is -2.48. The Morgan fingerprint density at radius 2 is 1.90 bits per heavy atom. The average Bonchev–Trinajstić information content (AvgIpc) is 2.92. The number of hydrogen-bond acceptors (Lipinski definition) is 10. The van der Waals surface area contributed by atoms with E-state index in [0.29, 0.717) is 32.4 Å². The number of nitrogens with zero attached hydrogens (tertiary/aromatic N) is 5. The molecule has 0 unspecified atom stereocenters. The topological polar surface area (TPSA) is 134 Å². The highest BCUT2D eigenvalue weighted by atomic mass is 32.2. The molecule has 0 spiro atoms. The molecule has 1 aromatic heterocycles. The van der Waals surface area contributed by atoms with Crippen LogP contribution in [0.2, 0.25) is 0 Å². The van der Waals surface area contributed by atoms with Gasteiger partial charge in [-0.3, -0.25) is 4.79 Å². The van der Waals surface area contributed by atoms with Crippen LogP contribution in [-0.4, -0.2) is 106 Å². The number of nitrogens with two attached hydrogens (primary N) is 1. The van der Waals surface area contributed by atoms with E-state index in [9.17, 15) is 17.6 Å². The minimum atomic E-state index is -3.76. The number of carbonyl (C=O) groups excluding carboxylic acids is 1. The zero-order valence-corrected chi connectivity index (χ0v) is 23.4. The first kappa shape index (κ1) is 29.1. The van der Waals surface area contributed by atoms with Gasteiger partial charge in [0.05, 0.1) is 30.0 Å². The maximum Gasteiger partial charge on any atom is 0.241 e. The lowest BCUT2D eigenvalue weighted by Gasteiger charge is -2.34. The first-order valence-corrected chi connectivity index (χ1v) is 14.9. The molecule has 13 heteroatoms. The second-order valence-electron chi connectivity index (χ2n) is 10.1. The van der Waals surface area contributed by atoms with E-state index in [1.165, 1.54) is 29.7 Å². The number of methoxy groups -OCH3 is 1. The lowest BCUT2D eigenvalue weighted by atomic mass is 10.0. The summed E-state index contributed by atoms with van der Waals surface area (Å²) in [6, 6.07) is 3.27. The van der Waals surface area contributed by atoms with Crippen molar-refractivity contribution in [2.45, 2.75) is 31.7 Å². The molecule has 1 aromatic carbocycles. The standard InChI is InChI=1S/C26H38FN7O4S/c1-32-12-14-33(15-13-32)11-3-4-16-39(36,37)34(20-7-9-29-10-8-20)26-30-18-22(25(28)31-26)24(35)21-17-19(27)5-6-23(21)38-2/h5-6,17-18,20,29H,3-4,7-16H2,1-2H3,(H2,28,30,31). The third-order valence-corrected chi connectivity index (χ3v) is 9.18. The molecule has 2 aromatic rings. The van der Waals surface area contributed by atoms with E-state index in [2.05, 4.69) is 32.1 Å². The van der Waals surface area contributed by atoms with Crippen molar-refractivity contribution in [3.63, 3.8) is 0 Å². The van der Waals surface area contributed by atoms with Crippen molar-refractivity contribution >= 4 is 27.6 Å². The number of piperidine rings is 1. The number of benzene rings is 1. The normalized spacial score (nSPS) is 17.7. The number of piperazine rings is 1. The Kier molecular flexibility index (Phi) is 9.70. The van der Waals surface area contributed by atoms with Crippen molar-refractivity contribution in [1.29, 1.82) is 0 Å². The van der Waals surface area contributed by atoms with Gasteiger partial charge in [0.1, 0.15) is 17.4 Å². The van der Waals surface area contributed by atoms with Crippen molar-refractivity contribution in [3.05, 3.63) is 41.3 Å². The van der Waals surface area contributed by atoms with E-state index in [0.717, 1.165) is 45.2 Å². The van der Waals surface area contributed by atoms with Gasteiger partial charge in [0.2, 0.25) is 21.8 Å².